The van der Waals surface area contributed by atoms with Crippen LogP contribution in [0.5, 0.6) is 0 Å². The minimum atomic E-state index is -3.67. The first kappa shape index (κ1) is 19.0. The van der Waals surface area contributed by atoms with E-state index in [0.717, 1.165) is 19.4 Å². The van der Waals surface area contributed by atoms with Crippen LogP contribution in [0.4, 0.5) is 5.69 Å². The lowest BCUT2D eigenvalue weighted by molar-refractivity contribution is 0.0391. The number of hydrogen-bond donors (Lipinski definition) is 1. The summed E-state index contributed by atoms with van der Waals surface area (Å²) in [7, 11) is -3.67. The van der Waals surface area contributed by atoms with Gasteiger partial charge in [0.2, 0.25) is 0 Å². The molecule has 1 aliphatic carbocycles. The molecule has 148 valence electrons. The normalized spacial score (nSPS) is 22.4. The molecule has 0 bridgehead atoms. The lowest BCUT2D eigenvalue weighted by Crippen LogP contribution is -2.49. The Morgan fingerprint density at radius 3 is 2.50 bits per heavy atom. The quantitative estimate of drug-likeness (QED) is 0.836. The molecule has 4 rings (SSSR count). The molecule has 2 atom stereocenters. The van der Waals surface area contributed by atoms with Gasteiger partial charge in [-0.3, -0.25) is 9.52 Å². The summed E-state index contributed by atoms with van der Waals surface area (Å²) >= 11 is 0. The summed E-state index contributed by atoms with van der Waals surface area (Å²) in [5, 5.41) is 0. The van der Waals surface area contributed by atoms with Crippen LogP contribution in [0.1, 0.15) is 48.9 Å². The van der Waals surface area contributed by atoms with Crippen molar-refractivity contribution in [1.82, 2.24) is 4.90 Å². The van der Waals surface area contributed by atoms with Crippen molar-refractivity contribution in [3.05, 3.63) is 60.2 Å². The first-order chi connectivity index (χ1) is 13.5. The molecule has 1 heterocycles. The molecule has 2 aromatic rings. The largest absolute Gasteiger partial charge is 0.335 e. The van der Waals surface area contributed by atoms with E-state index in [1.807, 2.05) is 4.90 Å². The van der Waals surface area contributed by atoms with Gasteiger partial charge in [-0.2, -0.15) is 0 Å². The van der Waals surface area contributed by atoms with Gasteiger partial charge >= 0.3 is 0 Å². The van der Waals surface area contributed by atoms with Crippen molar-refractivity contribution in [2.75, 3.05) is 11.3 Å². The molecule has 1 saturated heterocycles. The number of amides is 1. The van der Waals surface area contributed by atoms with E-state index in [1.54, 1.807) is 54.6 Å². The minimum absolute atomic E-state index is 0.0114. The Labute approximate surface area is 166 Å². The number of hydrogen-bond acceptors (Lipinski definition) is 3. The minimum Gasteiger partial charge on any atom is -0.335 e. The molecule has 1 aliphatic heterocycles. The molecule has 1 amide bonds. The molecule has 0 spiro atoms. The van der Waals surface area contributed by atoms with Crippen LogP contribution in [-0.4, -0.2) is 31.8 Å². The summed E-state index contributed by atoms with van der Waals surface area (Å²) in [6.45, 7) is 0.792. The van der Waals surface area contributed by atoms with Crippen LogP contribution in [0.25, 0.3) is 0 Å². The highest BCUT2D eigenvalue weighted by Gasteiger charge is 2.36. The highest BCUT2D eigenvalue weighted by atomic mass is 32.2. The van der Waals surface area contributed by atoms with Gasteiger partial charge in [-0.1, -0.05) is 37.1 Å². The summed E-state index contributed by atoms with van der Waals surface area (Å²) in [6.07, 6.45) is 7.00. The average molecular weight is 399 g/mol. The number of benzene rings is 2. The number of nitrogens with zero attached hydrogens (tertiary/aromatic N) is 1. The van der Waals surface area contributed by atoms with Crippen LogP contribution in [0, 0.1) is 5.92 Å². The number of piperidine rings is 1. The van der Waals surface area contributed by atoms with E-state index in [4.69, 9.17) is 0 Å². The Morgan fingerprint density at radius 2 is 1.68 bits per heavy atom. The van der Waals surface area contributed by atoms with Gasteiger partial charge in [0.25, 0.3) is 15.9 Å². The van der Waals surface area contributed by atoms with Crippen molar-refractivity contribution >= 4 is 21.6 Å². The Hall–Kier alpha value is -2.34. The third-order valence-electron chi connectivity index (χ3n) is 5.92. The van der Waals surface area contributed by atoms with Crippen LogP contribution < -0.4 is 4.72 Å². The first-order valence-corrected chi connectivity index (χ1v) is 11.5. The molecular formula is C22H26N2O3S. The van der Waals surface area contributed by atoms with Crippen molar-refractivity contribution in [1.29, 1.82) is 0 Å². The summed E-state index contributed by atoms with van der Waals surface area (Å²) in [5.41, 5.74) is 0.950. The molecule has 5 nitrogen and oxygen atoms in total. The number of anilines is 1. The van der Waals surface area contributed by atoms with Gasteiger partial charge in [0, 0.05) is 23.8 Å². The zero-order chi connectivity index (χ0) is 19.6. The molecule has 6 heteroatoms. The van der Waals surface area contributed by atoms with Crippen LogP contribution in [-0.2, 0) is 10.0 Å². The fourth-order valence-corrected chi connectivity index (χ4v) is 5.64. The predicted molar refractivity (Wildman–Crippen MR) is 110 cm³/mol. The van der Waals surface area contributed by atoms with E-state index in [9.17, 15) is 13.2 Å². The Bertz CT molecular complexity index is 941. The SMILES string of the molecule is O=C(c1cccc(NS(=O)(=O)c2ccccc2)c1)N1CCCC2CCCCC21. The third kappa shape index (κ3) is 3.92. The van der Waals surface area contributed by atoms with Gasteiger partial charge in [0.05, 0.1) is 4.90 Å². The lowest BCUT2D eigenvalue weighted by Gasteiger charge is -2.44. The van der Waals surface area contributed by atoms with Gasteiger partial charge in [0.15, 0.2) is 0 Å². The number of rotatable bonds is 4. The fraction of sp³-hybridized carbons (Fsp3) is 0.409. The number of likely N-dealkylation sites (tertiary alicyclic amines) is 1. The van der Waals surface area contributed by atoms with E-state index in [1.165, 1.54) is 25.7 Å². The number of fused-ring (bicyclic) bond motifs is 1. The zero-order valence-electron chi connectivity index (χ0n) is 15.9. The smallest absolute Gasteiger partial charge is 0.261 e. The summed E-state index contributed by atoms with van der Waals surface area (Å²) in [5.74, 6) is 0.628. The molecule has 0 aromatic heterocycles. The van der Waals surface area contributed by atoms with Crippen LogP contribution in [0.3, 0.4) is 0 Å². The van der Waals surface area contributed by atoms with E-state index in [0.29, 0.717) is 23.2 Å². The van der Waals surface area contributed by atoms with Gasteiger partial charge in [-0.15, -0.1) is 0 Å². The number of carbonyl (C=O) groups excluding carboxylic acids is 1. The predicted octanol–water partition coefficient (Wildman–Crippen LogP) is 4.28. The molecule has 0 radical (unpaired) electrons. The number of nitrogens with one attached hydrogen (secondary N) is 1. The fourth-order valence-electron chi connectivity index (χ4n) is 4.57. The molecule has 28 heavy (non-hydrogen) atoms. The first-order valence-electron chi connectivity index (χ1n) is 10.0. The second-order valence-electron chi connectivity index (χ2n) is 7.75. The second kappa shape index (κ2) is 7.95. The summed E-state index contributed by atoms with van der Waals surface area (Å²) in [6, 6.07) is 15.4. The monoisotopic (exact) mass is 398 g/mol. The number of sulfonamides is 1. The molecule has 2 unspecified atom stereocenters. The van der Waals surface area contributed by atoms with E-state index in [-0.39, 0.29) is 10.8 Å². The van der Waals surface area contributed by atoms with Gasteiger partial charge in [-0.05, 0) is 61.9 Å². The van der Waals surface area contributed by atoms with E-state index < -0.39 is 10.0 Å². The second-order valence-corrected chi connectivity index (χ2v) is 9.43. The van der Waals surface area contributed by atoms with Crippen molar-refractivity contribution in [3.8, 4) is 0 Å². The van der Waals surface area contributed by atoms with E-state index >= 15 is 0 Å². The Balaban J connectivity index is 1.54. The van der Waals surface area contributed by atoms with Crippen molar-refractivity contribution < 1.29 is 13.2 Å². The van der Waals surface area contributed by atoms with Gasteiger partial charge < -0.3 is 4.90 Å². The molecule has 2 aliphatic rings. The van der Waals surface area contributed by atoms with Gasteiger partial charge in [0.1, 0.15) is 0 Å². The standard InChI is InChI=1S/C22H26N2O3S/c25-22(24-15-7-10-17-8-4-5-14-21(17)24)18-9-6-11-19(16-18)23-28(26,27)20-12-2-1-3-13-20/h1-3,6,9,11-13,16-17,21,23H,4-5,7-8,10,14-15H2. The highest BCUT2D eigenvalue weighted by molar-refractivity contribution is 7.92. The van der Waals surface area contributed by atoms with Crippen LogP contribution in [0.2, 0.25) is 0 Å². The van der Waals surface area contributed by atoms with Crippen molar-refractivity contribution in [2.45, 2.75) is 49.5 Å². The highest BCUT2D eigenvalue weighted by Crippen LogP contribution is 2.36. The Morgan fingerprint density at radius 1 is 0.929 bits per heavy atom. The maximum atomic E-state index is 13.2. The van der Waals surface area contributed by atoms with Crippen LogP contribution >= 0.6 is 0 Å². The maximum Gasteiger partial charge on any atom is 0.261 e. The Kier molecular flexibility index (Phi) is 5.40. The molecule has 1 saturated carbocycles. The van der Waals surface area contributed by atoms with Crippen LogP contribution in [0.15, 0.2) is 59.5 Å². The third-order valence-corrected chi connectivity index (χ3v) is 7.32. The summed E-state index contributed by atoms with van der Waals surface area (Å²) < 4.78 is 27.7. The molecular weight excluding hydrogens is 372 g/mol. The number of carbonyl (C=O) groups is 1. The van der Waals surface area contributed by atoms with Crippen molar-refractivity contribution in [3.63, 3.8) is 0 Å². The molecule has 2 fully saturated rings. The molecule has 2 aromatic carbocycles. The van der Waals surface area contributed by atoms with Gasteiger partial charge in [-0.25, -0.2) is 8.42 Å². The van der Waals surface area contributed by atoms with E-state index in [2.05, 4.69) is 4.72 Å². The maximum absolute atomic E-state index is 13.2. The average Bonchev–Trinajstić information content (AvgIpc) is 2.73. The summed E-state index contributed by atoms with van der Waals surface area (Å²) in [4.78, 5) is 15.4. The topological polar surface area (TPSA) is 66.5 Å². The lowest BCUT2D eigenvalue weighted by atomic mass is 9.78. The van der Waals surface area contributed by atoms with Crippen molar-refractivity contribution in [2.24, 2.45) is 5.92 Å². The molecule has 1 N–H and O–H groups in total. The zero-order valence-corrected chi connectivity index (χ0v) is 16.7.